The van der Waals surface area contributed by atoms with Crippen LogP contribution in [0.3, 0.4) is 0 Å². The highest BCUT2D eigenvalue weighted by atomic mass is 16.5. The maximum Gasteiger partial charge on any atom is 0.253 e. The fourth-order valence-electron chi connectivity index (χ4n) is 3.48. The number of benzene rings is 1. The number of nitrogens with zero attached hydrogens (tertiary/aromatic N) is 3. The Balaban J connectivity index is 1.71. The summed E-state index contributed by atoms with van der Waals surface area (Å²) >= 11 is 0. The zero-order valence-electron chi connectivity index (χ0n) is 13.7. The lowest BCUT2D eigenvalue weighted by Crippen LogP contribution is -2.61. The van der Waals surface area contributed by atoms with E-state index in [4.69, 9.17) is 4.52 Å². The average molecular weight is 327 g/mol. The maximum absolute atomic E-state index is 13.3. The molecule has 2 aliphatic rings. The molecule has 0 bridgehead atoms. The van der Waals surface area contributed by atoms with Crippen molar-refractivity contribution in [3.63, 3.8) is 0 Å². The topological polar surface area (TPSA) is 83.3 Å². The number of hydrogen-bond donors (Lipinski definition) is 2. The standard InChI is InChI=1S/C17H21N5O2/c1-2-15-19-14(21-24-15)11-22-13-6-4-3-5-12(13)20-17(16(22)23)7-9-18-10-8-17/h3-6,18,20H,2,7-11H2,1H3. The summed E-state index contributed by atoms with van der Waals surface area (Å²) in [5.74, 6) is 1.23. The molecule has 7 nitrogen and oxygen atoms in total. The van der Waals surface area contributed by atoms with Crippen molar-refractivity contribution >= 4 is 17.3 Å². The average Bonchev–Trinajstić information content (AvgIpc) is 3.07. The maximum atomic E-state index is 13.3. The first-order chi connectivity index (χ1) is 11.7. The summed E-state index contributed by atoms with van der Waals surface area (Å²) in [5, 5.41) is 10.8. The minimum Gasteiger partial charge on any atom is -0.369 e. The first kappa shape index (κ1) is 15.1. The highest BCUT2D eigenvalue weighted by Gasteiger charge is 2.46. The van der Waals surface area contributed by atoms with Gasteiger partial charge in [-0.05, 0) is 38.1 Å². The van der Waals surface area contributed by atoms with Crippen LogP contribution < -0.4 is 15.5 Å². The Morgan fingerprint density at radius 3 is 2.83 bits per heavy atom. The first-order valence-corrected chi connectivity index (χ1v) is 8.43. The first-order valence-electron chi connectivity index (χ1n) is 8.43. The predicted octanol–water partition coefficient (Wildman–Crippen LogP) is 1.71. The van der Waals surface area contributed by atoms with Gasteiger partial charge in [0.25, 0.3) is 5.91 Å². The molecule has 1 spiro atoms. The van der Waals surface area contributed by atoms with Crippen LogP contribution in [0, 0.1) is 0 Å². The molecule has 2 N–H and O–H groups in total. The second kappa shape index (κ2) is 5.90. The van der Waals surface area contributed by atoms with Crippen LogP contribution in [0.5, 0.6) is 0 Å². The van der Waals surface area contributed by atoms with E-state index in [0.717, 1.165) is 37.3 Å². The highest BCUT2D eigenvalue weighted by molar-refractivity contribution is 6.07. The van der Waals surface area contributed by atoms with E-state index >= 15 is 0 Å². The van der Waals surface area contributed by atoms with Crippen LogP contribution in [-0.4, -0.2) is 34.7 Å². The van der Waals surface area contributed by atoms with E-state index in [9.17, 15) is 4.79 Å². The Bertz CT molecular complexity index is 751. The Morgan fingerprint density at radius 2 is 2.08 bits per heavy atom. The van der Waals surface area contributed by atoms with Crippen molar-refractivity contribution in [2.45, 2.75) is 38.3 Å². The lowest BCUT2D eigenvalue weighted by atomic mass is 9.84. The van der Waals surface area contributed by atoms with E-state index in [2.05, 4.69) is 20.8 Å². The van der Waals surface area contributed by atoms with Gasteiger partial charge in [0, 0.05) is 6.42 Å². The number of nitrogens with one attached hydrogen (secondary N) is 2. The third-order valence-electron chi connectivity index (χ3n) is 4.79. The van der Waals surface area contributed by atoms with Crippen LogP contribution in [-0.2, 0) is 17.8 Å². The van der Waals surface area contributed by atoms with Gasteiger partial charge in [-0.2, -0.15) is 4.98 Å². The Labute approximate surface area is 140 Å². The third kappa shape index (κ3) is 2.45. The van der Waals surface area contributed by atoms with Gasteiger partial charge in [0.15, 0.2) is 5.82 Å². The minimum absolute atomic E-state index is 0.0885. The molecule has 0 radical (unpaired) electrons. The molecule has 7 heteroatoms. The second-order valence-corrected chi connectivity index (χ2v) is 6.32. The van der Waals surface area contributed by atoms with Gasteiger partial charge in [-0.25, -0.2) is 0 Å². The summed E-state index contributed by atoms with van der Waals surface area (Å²) in [6.07, 6.45) is 2.22. The van der Waals surface area contributed by atoms with Gasteiger partial charge in [-0.3, -0.25) is 4.79 Å². The third-order valence-corrected chi connectivity index (χ3v) is 4.79. The predicted molar refractivity (Wildman–Crippen MR) is 89.8 cm³/mol. The van der Waals surface area contributed by atoms with Crippen LogP contribution in [0.4, 0.5) is 11.4 Å². The smallest absolute Gasteiger partial charge is 0.253 e. The molecule has 1 aromatic carbocycles. The molecule has 1 saturated heterocycles. The van der Waals surface area contributed by atoms with Gasteiger partial charge < -0.3 is 20.1 Å². The van der Waals surface area contributed by atoms with Crippen molar-refractivity contribution in [3.8, 4) is 0 Å². The van der Waals surface area contributed by atoms with Crippen molar-refractivity contribution in [2.75, 3.05) is 23.3 Å². The van der Waals surface area contributed by atoms with Crippen LogP contribution in [0.2, 0.25) is 0 Å². The van der Waals surface area contributed by atoms with Crippen LogP contribution >= 0.6 is 0 Å². The minimum atomic E-state index is -0.545. The summed E-state index contributed by atoms with van der Waals surface area (Å²) in [4.78, 5) is 19.4. The van der Waals surface area contributed by atoms with Gasteiger partial charge in [0.2, 0.25) is 5.89 Å². The highest BCUT2D eigenvalue weighted by Crippen LogP contribution is 2.39. The molecule has 2 aromatic rings. The van der Waals surface area contributed by atoms with E-state index in [1.165, 1.54) is 0 Å². The molecule has 0 atom stereocenters. The molecule has 4 rings (SSSR count). The summed E-state index contributed by atoms with van der Waals surface area (Å²) in [5.41, 5.74) is 1.31. The van der Waals surface area contributed by atoms with E-state index in [0.29, 0.717) is 24.7 Å². The summed E-state index contributed by atoms with van der Waals surface area (Å²) in [6.45, 7) is 3.96. The number of piperidine rings is 1. The molecule has 2 aliphatic heterocycles. The van der Waals surface area contributed by atoms with Gasteiger partial charge in [0.1, 0.15) is 5.54 Å². The Hall–Kier alpha value is -2.41. The molecule has 24 heavy (non-hydrogen) atoms. The van der Waals surface area contributed by atoms with Crippen molar-refractivity contribution in [1.29, 1.82) is 0 Å². The molecule has 126 valence electrons. The summed E-state index contributed by atoms with van der Waals surface area (Å²) in [7, 11) is 0. The SMILES string of the molecule is CCc1nc(CN2C(=O)C3(CCNCC3)Nc3ccccc32)no1. The summed E-state index contributed by atoms with van der Waals surface area (Å²) < 4.78 is 5.19. The Morgan fingerprint density at radius 1 is 1.29 bits per heavy atom. The number of aryl methyl sites for hydroxylation is 1. The summed E-state index contributed by atoms with van der Waals surface area (Å²) in [6, 6.07) is 7.90. The van der Waals surface area contributed by atoms with E-state index < -0.39 is 5.54 Å². The zero-order valence-corrected chi connectivity index (χ0v) is 13.7. The molecule has 0 aliphatic carbocycles. The normalized spacial score (nSPS) is 19.2. The largest absolute Gasteiger partial charge is 0.369 e. The van der Waals surface area contributed by atoms with Crippen molar-refractivity contribution in [2.24, 2.45) is 0 Å². The second-order valence-electron chi connectivity index (χ2n) is 6.32. The quantitative estimate of drug-likeness (QED) is 0.893. The monoisotopic (exact) mass is 327 g/mol. The van der Waals surface area contributed by atoms with Crippen LogP contribution in [0.15, 0.2) is 28.8 Å². The van der Waals surface area contributed by atoms with Gasteiger partial charge in [-0.15, -0.1) is 0 Å². The van der Waals surface area contributed by atoms with E-state index in [1.54, 1.807) is 4.90 Å². The molecule has 0 saturated carbocycles. The number of carbonyl (C=O) groups excluding carboxylic acids is 1. The molecular weight excluding hydrogens is 306 g/mol. The number of hydrogen-bond acceptors (Lipinski definition) is 6. The molecule has 1 aromatic heterocycles. The van der Waals surface area contributed by atoms with Crippen LogP contribution in [0.25, 0.3) is 0 Å². The fraction of sp³-hybridized carbons (Fsp3) is 0.471. The van der Waals surface area contributed by atoms with Gasteiger partial charge >= 0.3 is 0 Å². The fourth-order valence-corrected chi connectivity index (χ4v) is 3.48. The molecule has 3 heterocycles. The molecule has 0 unspecified atom stereocenters. The molecule has 1 amide bonds. The van der Waals surface area contributed by atoms with Gasteiger partial charge in [-0.1, -0.05) is 24.2 Å². The Kier molecular flexibility index (Phi) is 3.72. The van der Waals surface area contributed by atoms with Gasteiger partial charge in [0.05, 0.1) is 17.9 Å². The number of anilines is 2. The number of amides is 1. The molecular formula is C17H21N5O2. The number of fused-ring (bicyclic) bond motifs is 1. The van der Waals surface area contributed by atoms with Crippen LogP contribution in [0.1, 0.15) is 31.5 Å². The number of aromatic nitrogens is 2. The van der Waals surface area contributed by atoms with E-state index in [1.807, 2.05) is 31.2 Å². The van der Waals surface area contributed by atoms with E-state index in [-0.39, 0.29) is 5.91 Å². The lowest BCUT2D eigenvalue weighted by Gasteiger charge is -2.45. The van der Waals surface area contributed by atoms with Crippen molar-refractivity contribution in [1.82, 2.24) is 15.5 Å². The van der Waals surface area contributed by atoms with Crippen molar-refractivity contribution in [3.05, 3.63) is 36.0 Å². The van der Waals surface area contributed by atoms with Crippen molar-refractivity contribution < 1.29 is 9.32 Å². The zero-order chi connectivity index (χ0) is 16.6. The molecule has 1 fully saturated rings. The number of rotatable bonds is 3. The number of para-hydroxylation sites is 2. The lowest BCUT2D eigenvalue weighted by molar-refractivity contribution is -0.124. The number of carbonyl (C=O) groups is 1.